The van der Waals surface area contributed by atoms with Crippen molar-refractivity contribution in [2.45, 2.75) is 45.6 Å². The van der Waals surface area contributed by atoms with E-state index in [1.165, 1.54) is 19.4 Å². The summed E-state index contributed by atoms with van der Waals surface area (Å²) < 4.78 is 0. The topological polar surface area (TPSA) is 53.1 Å². The van der Waals surface area contributed by atoms with E-state index in [1.807, 2.05) is 7.05 Å². The van der Waals surface area contributed by atoms with E-state index in [0.29, 0.717) is 6.04 Å². The molecule has 0 saturated carbocycles. The fourth-order valence-corrected chi connectivity index (χ4v) is 2.77. The highest BCUT2D eigenvalue weighted by atomic mass is 15.2. The first kappa shape index (κ1) is 15.0. The molecule has 0 radical (unpaired) electrons. The number of aromatic nitrogens is 2. The molecule has 1 unspecified atom stereocenters. The molecular weight excluding hydrogens is 250 g/mol. The standard InChI is InChI=1S/C15H27N5/c1-5-7-13-18-14(16-3)11(2)15(19-13)17-10-12-8-6-9-20(12)4/h12H,5-10H2,1-4H3,(H2,16,17,18,19). The van der Waals surface area contributed by atoms with Crippen LogP contribution in [0.2, 0.25) is 0 Å². The molecule has 112 valence electrons. The van der Waals surface area contributed by atoms with E-state index in [1.54, 1.807) is 0 Å². The van der Waals surface area contributed by atoms with Crippen molar-refractivity contribution in [3.05, 3.63) is 11.4 Å². The summed E-state index contributed by atoms with van der Waals surface area (Å²) in [6.45, 7) is 6.39. The summed E-state index contributed by atoms with van der Waals surface area (Å²) in [4.78, 5) is 11.7. The highest BCUT2D eigenvalue weighted by Gasteiger charge is 2.21. The Hall–Kier alpha value is -1.36. The maximum Gasteiger partial charge on any atom is 0.134 e. The lowest BCUT2D eigenvalue weighted by molar-refractivity contribution is 0.322. The summed E-state index contributed by atoms with van der Waals surface area (Å²) in [5.41, 5.74) is 1.10. The van der Waals surface area contributed by atoms with Crippen molar-refractivity contribution in [2.75, 3.05) is 37.8 Å². The third kappa shape index (κ3) is 3.39. The van der Waals surface area contributed by atoms with Gasteiger partial charge in [-0.2, -0.15) is 0 Å². The van der Waals surface area contributed by atoms with Crippen molar-refractivity contribution < 1.29 is 0 Å². The van der Waals surface area contributed by atoms with Gasteiger partial charge in [0.25, 0.3) is 0 Å². The Morgan fingerprint density at radius 2 is 2.05 bits per heavy atom. The predicted molar refractivity (Wildman–Crippen MR) is 84.5 cm³/mol. The van der Waals surface area contributed by atoms with Gasteiger partial charge in [-0.1, -0.05) is 6.92 Å². The molecule has 1 aromatic heterocycles. The molecule has 2 rings (SSSR count). The second-order valence-corrected chi connectivity index (χ2v) is 5.62. The average Bonchev–Trinajstić information content (AvgIpc) is 2.84. The minimum atomic E-state index is 0.622. The molecule has 1 fully saturated rings. The van der Waals surface area contributed by atoms with Gasteiger partial charge in [0, 0.05) is 31.6 Å². The first-order chi connectivity index (χ1) is 9.65. The third-order valence-electron chi connectivity index (χ3n) is 4.08. The number of likely N-dealkylation sites (tertiary alicyclic amines) is 1. The summed E-state index contributed by atoms with van der Waals surface area (Å²) in [6, 6.07) is 0.622. The van der Waals surface area contributed by atoms with Gasteiger partial charge < -0.3 is 15.5 Å². The van der Waals surface area contributed by atoms with E-state index in [0.717, 1.165) is 42.4 Å². The van der Waals surface area contributed by atoms with Gasteiger partial charge in [0.2, 0.25) is 0 Å². The van der Waals surface area contributed by atoms with E-state index < -0.39 is 0 Å². The second kappa shape index (κ2) is 6.88. The van der Waals surface area contributed by atoms with Crippen molar-refractivity contribution in [1.29, 1.82) is 0 Å². The lowest BCUT2D eigenvalue weighted by atomic mass is 10.2. The molecule has 1 aromatic rings. The number of hydrogen-bond acceptors (Lipinski definition) is 5. The van der Waals surface area contributed by atoms with Gasteiger partial charge in [-0.3, -0.25) is 0 Å². The van der Waals surface area contributed by atoms with Crippen LogP contribution in [0.4, 0.5) is 11.6 Å². The zero-order chi connectivity index (χ0) is 14.5. The van der Waals surface area contributed by atoms with Crippen LogP contribution in [-0.4, -0.2) is 48.1 Å². The number of likely N-dealkylation sites (N-methyl/N-ethyl adjacent to an activating group) is 1. The van der Waals surface area contributed by atoms with Crippen LogP contribution in [0.5, 0.6) is 0 Å². The molecule has 1 saturated heterocycles. The maximum absolute atomic E-state index is 4.68. The number of rotatable bonds is 6. The fourth-order valence-electron chi connectivity index (χ4n) is 2.77. The number of anilines is 2. The molecular formula is C15H27N5. The Balaban J connectivity index is 2.10. The average molecular weight is 277 g/mol. The minimum Gasteiger partial charge on any atom is -0.373 e. The quantitative estimate of drug-likeness (QED) is 0.835. The summed E-state index contributed by atoms with van der Waals surface area (Å²) in [7, 11) is 4.12. The van der Waals surface area contributed by atoms with Gasteiger partial charge in [-0.25, -0.2) is 9.97 Å². The second-order valence-electron chi connectivity index (χ2n) is 5.62. The van der Waals surface area contributed by atoms with Crippen LogP contribution in [-0.2, 0) is 6.42 Å². The van der Waals surface area contributed by atoms with E-state index >= 15 is 0 Å². The van der Waals surface area contributed by atoms with Crippen LogP contribution in [0.15, 0.2) is 0 Å². The zero-order valence-electron chi connectivity index (χ0n) is 13.2. The van der Waals surface area contributed by atoms with E-state index in [-0.39, 0.29) is 0 Å². The van der Waals surface area contributed by atoms with Crippen LogP contribution < -0.4 is 10.6 Å². The Labute approximate surface area is 122 Å². The number of nitrogens with zero attached hydrogens (tertiary/aromatic N) is 3. The first-order valence-electron chi connectivity index (χ1n) is 7.65. The monoisotopic (exact) mass is 277 g/mol. The molecule has 20 heavy (non-hydrogen) atoms. The van der Waals surface area contributed by atoms with Crippen molar-refractivity contribution >= 4 is 11.6 Å². The first-order valence-corrected chi connectivity index (χ1v) is 7.65. The van der Waals surface area contributed by atoms with Gasteiger partial charge in [0.05, 0.1) is 0 Å². The van der Waals surface area contributed by atoms with Gasteiger partial charge >= 0.3 is 0 Å². The summed E-state index contributed by atoms with van der Waals surface area (Å²) >= 11 is 0. The van der Waals surface area contributed by atoms with Gasteiger partial charge in [-0.05, 0) is 39.8 Å². The lowest BCUT2D eigenvalue weighted by Crippen LogP contribution is -2.32. The molecule has 0 spiro atoms. The molecule has 5 nitrogen and oxygen atoms in total. The molecule has 1 atom stereocenters. The number of hydrogen-bond donors (Lipinski definition) is 2. The molecule has 5 heteroatoms. The van der Waals surface area contributed by atoms with Crippen molar-refractivity contribution in [3.8, 4) is 0 Å². The maximum atomic E-state index is 4.68. The molecule has 2 N–H and O–H groups in total. The third-order valence-corrected chi connectivity index (χ3v) is 4.08. The van der Waals surface area contributed by atoms with Crippen molar-refractivity contribution in [2.24, 2.45) is 0 Å². The van der Waals surface area contributed by atoms with Crippen LogP contribution >= 0.6 is 0 Å². The van der Waals surface area contributed by atoms with Gasteiger partial charge in [0.15, 0.2) is 0 Å². The Kier molecular flexibility index (Phi) is 5.17. The molecule has 0 bridgehead atoms. The highest BCUT2D eigenvalue weighted by molar-refractivity contribution is 5.57. The molecule has 1 aliphatic heterocycles. The SMILES string of the molecule is CCCc1nc(NC)c(C)c(NCC2CCCN2C)n1. The fraction of sp³-hybridized carbons (Fsp3) is 0.733. The lowest BCUT2D eigenvalue weighted by Gasteiger charge is -2.21. The summed E-state index contributed by atoms with van der Waals surface area (Å²) in [5, 5.41) is 6.70. The largest absolute Gasteiger partial charge is 0.373 e. The van der Waals surface area contributed by atoms with Crippen LogP contribution in [0.1, 0.15) is 37.6 Å². The van der Waals surface area contributed by atoms with Crippen LogP contribution in [0, 0.1) is 6.92 Å². The highest BCUT2D eigenvalue weighted by Crippen LogP contribution is 2.21. The molecule has 0 aromatic carbocycles. The van der Waals surface area contributed by atoms with E-state index in [9.17, 15) is 0 Å². The number of nitrogens with one attached hydrogen (secondary N) is 2. The summed E-state index contributed by atoms with van der Waals surface area (Å²) in [6.07, 6.45) is 4.56. The van der Waals surface area contributed by atoms with Gasteiger partial charge in [0.1, 0.15) is 17.5 Å². The molecule has 0 amide bonds. The van der Waals surface area contributed by atoms with Crippen LogP contribution in [0.3, 0.4) is 0 Å². The molecule has 2 heterocycles. The predicted octanol–water partition coefficient (Wildman–Crippen LogP) is 2.29. The Morgan fingerprint density at radius 1 is 1.30 bits per heavy atom. The minimum absolute atomic E-state index is 0.622. The Morgan fingerprint density at radius 3 is 2.65 bits per heavy atom. The van der Waals surface area contributed by atoms with Crippen molar-refractivity contribution in [3.63, 3.8) is 0 Å². The van der Waals surface area contributed by atoms with Crippen molar-refractivity contribution in [1.82, 2.24) is 14.9 Å². The van der Waals surface area contributed by atoms with E-state index in [2.05, 4.69) is 46.4 Å². The summed E-state index contributed by atoms with van der Waals surface area (Å²) in [5.74, 6) is 2.84. The molecule has 1 aliphatic rings. The zero-order valence-corrected chi connectivity index (χ0v) is 13.2. The smallest absolute Gasteiger partial charge is 0.134 e. The number of aryl methyl sites for hydroxylation is 1. The normalized spacial score (nSPS) is 19.3. The molecule has 0 aliphatic carbocycles. The van der Waals surface area contributed by atoms with Crippen LogP contribution in [0.25, 0.3) is 0 Å². The Bertz CT molecular complexity index is 446. The van der Waals surface area contributed by atoms with E-state index in [4.69, 9.17) is 0 Å². The van der Waals surface area contributed by atoms with Gasteiger partial charge in [-0.15, -0.1) is 0 Å².